The van der Waals surface area contributed by atoms with Crippen LogP contribution in [-0.2, 0) is 6.54 Å². The molecule has 0 aliphatic heterocycles. The van der Waals surface area contributed by atoms with Crippen molar-refractivity contribution in [1.29, 1.82) is 0 Å². The van der Waals surface area contributed by atoms with Gasteiger partial charge < -0.3 is 10.8 Å². The minimum Gasteiger partial charge on any atom is -0.395 e. The van der Waals surface area contributed by atoms with Crippen LogP contribution in [0.15, 0.2) is 12.3 Å². The van der Waals surface area contributed by atoms with E-state index in [0.717, 1.165) is 32.6 Å². The summed E-state index contributed by atoms with van der Waals surface area (Å²) in [5.41, 5.74) is 5.52. The van der Waals surface area contributed by atoms with Gasteiger partial charge in [0, 0.05) is 19.3 Å². The topological polar surface area (TPSA) is 67.3 Å². The van der Waals surface area contributed by atoms with Gasteiger partial charge in [-0.3, -0.25) is 9.58 Å². The van der Waals surface area contributed by atoms with Crippen molar-refractivity contribution in [2.75, 3.05) is 32.0 Å². The van der Waals surface area contributed by atoms with Crippen molar-refractivity contribution < 1.29 is 5.11 Å². The minimum absolute atomic E-state index is 0.210. The van der Waals surface area contributed by atoms with Crippen LogP contribution in [0.4, 0.5) is 5.82 Å². The highest BCUT2D eigenvalue weighted by molar-refractivity contribution is 5.23. The molecule has 1 heterocycles. The van der Waals surface area contributed by atoms with Crippen LogP contribution in [-0.4, -0.2) is 46.0 Å². The Morgan fingerprint density at radius 2 is 2.27 bits per heavy atom. The molecule has 0 amide bonds. The Morgan fingerprint density at radius 1 is 1.47 bits per heavy atom. The summed E-state index contributed by atoms with van der Waals surface area (Å²) in [6.45, 7) is 5.80. The molecule has 0 aliphatic rings. The summed E-state index contributed by atoms with van der Waals surface area (Å²) < 4.78 is 1.83. The van der Waals surface area contributed by atoms with Gasteiger partial charge in [-0.1, -0.05) is 6.92 Å². The van der Waals surface area contributed by atoms with Gasteiger partial charge in [0.2, 0.25) is 0 Å². The van der Waals surface area contributed by atoms with Gasteiger partial charge in [0.05, 0.1) is 13.2 Å². The molecular weight excluding hydrogens is 192 g/mol. The van der Waals surface area contributed by atoms with Crippen LogP contribution >= 0.6 is 0 Å². The smallest absolute Gasteiger partial charge is 0.145 e. The van der Waals surface area contributed by atoms with Gasteiger partial charge in [0.15, 0.2) is 0 Å². The molecule has 0 spiro atoms. The highest BCUT2D eigenvalue weighted by Gasteiger charge is 2.03. The Balaban J connectivity index is 2.32. The Labute approximate surface area is 90.5 Å². The number of aliphatic hydroxyl groups excluding tert-OH is 1. The van der Waals surface area contributed by atoms with Crippen molar-refractivity contribution in [3.63, 3.8) is 0 Å². The first kappa shape index (κ1) is 12.0. The van der Waals surface area contributed by atoms with E-state index in [1.165, 1.54) is 0 Å². The highest BCUT2D eigenvalue weighted by Crippen LogP contribution is 1.97. The summed E-state index contributed by atoms with van der Waals surface area (Å²) in [4.78, 5) is 2.22. The van der Waals surface area contributed by atoms with Crippen molar-refractivity contribution >= 4 is 5.82 Å². The van der Waals surface area contributed by atoms with Crippen molar-refractivity contribution in [3.8, 4) is 0 Å². The second-order valence-electron chi connectivity index (χ2n) is 3.57. The molecule has 1 aromatic heterocycles. The number of aromatic nitrogens is 2. The average Bonchev–Trinajstić information content (AvgIpc) is 2.61. The third-order valence-corrected chi connectivity index (χ3v) is 2.26. The SMILES string of the molecule is CCCN(CCO)CCn1ccc(N)n1. The van der Waals surface area contributed by atoms with Crippen molar-refractivity contribution in [2.24, 2.45) is 0 Å². The molecule has 1 rings (SSSR count). The lowest BCUT2D eigenvalue weighted by molar-refractivity contribution is 0.189. The van der Waals surface area contributed by atoms with Gasteiger partial charge in [-0.25, -0.2) is 0 Å². The molecule has 15 heavy (non-hydrogen) atoms. The fourth-order valence-corrected chi connectivity index (χ4v) is 1.54. The van der Waals surface area contributed by atoms with Gasteiger partial charge in [-0.15, -0.1) is 0 Å². The molecule has 0 aliphatic carbocycles. The first-order chi connectivity index (χ1) is 7.26. The van der Waals surface area contributed by atoms with E-state index in [1.54, 1.807) is 6.07 Å². The maximum absolute atomic E-state index is 8.88. The highest BCUT2D eigenvalue weighted by atomic mass is 16.3. The van der Waals surface area contributed by atoms with Gasteiger partial charge in [-0.05, 0) is 19.0 Å². The van der Waals surface area contributed by atoms with Crippen molar-refractivity contribution in [1.82, 2.24) is 14.7 Å². The largest absolute Gasteiger partial charge is 0.395 e. The number of nitrogens with two attached hydrogens (primary N) is 1. The van der Waals surface area contributed by atoms with E-state index in [9.17, 15) is 0 Å². The molecule has 0 saturated carbocycles. The molecule has 0 aromatic carbocycles. The lowest BCUT2D eigenvalue weighted by Gasteiger charge is -2.20. The van der Waals surface area contributed by atoms with E-state index in [-0.39, 0.29) is 6.61 Å². The van der Waals surface area contributed by atoms with E-state index in [0.29, 0.717) is 5.82 Å². The third-order valence-electron chi connectivity index (χ3n) is 2.26. The summed E-state index contributed by atoms with van der Waals surface area (Å²) in [6.07, 6.45) is 2.97. The van der Waals surface area contributed by atoms with E-state index < -0.39 is 0 Å². The standard InChI is InChI=1S/C10H20N4O/c1-2-4-13(8-9-15)6-7-14-5-3-10(11)12-14/h3,5,15H,2,4,6-9H2,1H3,(H2,11,12). The quantitative estimate of drug-likeness (QED) is 0.676. The zero-order chi connectivity index (χ0) is 11.1. The molecule has 5 nitrogen and oxygen atoms in total. The molecule has 86 valence electrons. The second kappa shape index (κ2) is 6.42. The Bertz CT molecular complexity index is 268. The van der Waals surface area contributed by atoms with Gasteiger partial charge in [0.1, 0.15) is 5.82 Å². The molecular formula is C10H20N4O. The van der Waals surface area contributed by atoms with E-state index in [2.05, 4.69) is 16.9 Å². The Morgan fingerprint density at radius 3 is 2.80 bits per heavy atom. The summed E-state index contributed by atoms with van der Waals surface area (Å²) >= 11 is 0. The maximum Gasteiger partial charge on any atom is 0.145 e. The number of nitrogen functional groups attached to an aromatic ring is 1. The van der Waals surface area contributed by atoms with Crippen LogP contribution in [0.2, 0.25) is 0 Å². The lowest BCUT2D eigenvalue weighted by Crippen LogP contribution is -2.31. The van der Waals surface area contributed by atoms with Crippen LogP contribution < -0.4 is 5.73 Å². The van der Waals surface area contributed by atoms with E-state index >= 15 is 0 Å². The molecule has 0 unspecified atom stereocenters. The fourth-order valence-electron chi connectivity index (χ4n) is 1.54. The maximum atomic E-state index is 8.88. The predicted octanol–water partition coefficient (Wildman–Crippen LogP) is 0.170. The molecule has 1 aromatic rings. The lowest BCUT2D eigenvalue weighted by atomic mass is 10.4. The number of rotatable bonds is 7. The summed E-state index contributed by atoms with van der Waals surface area (Å²) in [7, 11) is 0. The van der Waals surface area contributed by atoms with Crippen LogP contribution in [0.3, 0.4) is 0 Å². The predicted molar refractivity (Wildman–Crippen MR) is 60.5 cm³/mol. The average molecular weight is 212 g/mol. The van der Waals surface area contributed by atoms with Crippen molar-refractivity contribution in [3.05, 3.63) is 12.3 Å². The minimum atomic E-state index is 0.210. The van der Waals surface area contributed by atoms with Gasteiger partial charge >= 0.3 is 0 Å². The zero-order valence-electron chi connectivity index (χ0n) is 9.26. The Hall–Kier alpha value is -1.07. The van der Waals surface area contributed by atoms with E-state index in [4.69, 9.17) is 10.8 Å². The Kier molecular flexibility index (Phi) is 5.14. The number of nitrogens with zero attached hydrogens (tertiary/aromatic N) is 3. The normalized spacial score (nSPS) is 11.1. The van der Waals surface area contributed by atoms with Gasteiger partial charge in [0.25, 0.3) is 0 Å². The molecule has 5 heteroatoms. The second-order valence-corrected chi connectivity index (χ2v) is 3.57. The first-order valence-corrected chi connectivity index (χ1v) is 5.38. The van der Waals surface area contributed by atoms with Gasteiger partial charge in [-0.2, -0.15) is 5.10 Å². The van der Waals surface area contributed by atoms with Crippen LogP contribution in [0.25, 0.3) is 0 Å². The molecule has 0 fully saturated rings. The summed E-state index contributed by atoms with van der Waals surface area (Å²) in [5, 5.41) is 13.0. The summed E-state index contributed by atoms with van der Waals surface area (Å²) in [5.74, 6) is 0.555. The molecule has 3 N–H and O–H groups in total. The molecule has 0 radical (unpaired) electrons. The van der Waals surface area contributed by atoms with Crippen LogP contribution in [0, 0.1) is 0 Å². The fraction of sp³-hybridized carbons (Fsp3) is 0.700. The summed E-state index contributed by atoms with van der Waals surface area (Å²) in [6, 6.07) is 1.79. The molecule has 0 bridgehead atoms. The third kappa shape index (κ3) is 4.31. The van der Waals surface area contributed by atoms with E-state index in [1.807, 2.05) is 10.9 Å². The zero-order valence-corrected chi connectivity index (χ0v) is 9.26. The molecule has 0 saturated heterocycles. The number of hydrogen-bond donors (Lipinski definition) is 2. The first-order valence-electron chi connectivity index (χ1n) is 5.38. The van der Waals surface area contributed by atoms with Crippen LogP contribution in [0.5, 0.6) is 0 Å². The van der Waals surface area contributed by atoms with Crippen molar-refractivity contribution in [2.45, 2.75) is 19.9 Å². The number of hydrogen-bond acceptors (Lipinski definition) is 4. The number of anilines is 1. The molecule has 0 atom stereocenters. The number of aliphatic hydroxyl groups is 1. The monoisotopic (exact) mass is 212 g/mol. The van der Waals surface area contributed by atoms with Crippen LogP contribution in [0.1, 0.15) is 13.3 Å².